The molecule has 3 N–H and O–H groups in total. The smallest absolute Gasteiger partial charge is 0.229 e. The zero-order valence-corrected chi connectivity index (χ0v) is 16.1. The molecule has 1 heterocycles. The molecular formula is C20H17F3N2O3S. The summed E-state index contributed by atoms with van der Waals surface area (Å²) in [7, 11) is -3.41. The summed E-state index contributed by atoms with van der Waals surface area (Å²) in [6.07, 6.45) is 0.407. The van der Waals surface area contributed by atoms with Crippen molar-refractivity contribution in [3.63, 3.8) is 0 Å². The number of hydrogen-bond donors (Lipinski definition) is 2. The average Bonchev–Trinajstić information content (AvgIpc) is 2.63. The lowest BCUT2D eigenvalue weighted by atomic mass is 9.90. The first kappa shape index (κ1) is 19.5. The highest BCUT2D eigenvalue weighted by molar-refractivity contribution is 7.92. The summed E-state index contributed by atoms with van der Waals surface area (Å²) >= 11 is 0. The molecule has 0 aliphatic carbocycles. The molecule has 0 radical (unpaired) electrons. The van der Waals surface area contributed by atoms with Gasteiger partial charge in [0, 0.05) is 22.9 Å². The van der Waals surface area contributed by atoms with Crippen LogP contribution in [0.4, 0.5) is 18.9 Å². The summed E-state index contributed by atoms with van der Waals surface area (Å²) < 4.78 is 72.2. The first-order valence-corrected chi connectivity index (χ1v) is 10.6. The number of sulfonamides is 1. The van der Waals surface area contributed by atoms with Gasteiger partial charge in [-0.3, -0.25) is 4.72 Å². The Labute approximate surface area is 165 Å². The van der Waals surface area contributed by atoms with E-state index in [0.29, 0.717) is 23.9 Å². The summed E-state index contributed by atoms with van der Waals surface area (Å²) in [4.78, 5) is 0. The Morgan fingerprint density at radius 3 is 2.48 bits per heavy atom. The Morgan fingerprint density at radius 2 is 1.76 bits per heavy atom. The molecule has 0 bridgehead atoms. The van der Waals surface area contributed by atoms with Crippen molar-refractivity contribution < 1.29 is 26.3 Å². The quantitative estimate of drug-likeness (QED) is 0.632. The van der Waals surface area contributed by atoms with Crippen molar-refractivity contribution in [2.45, 2.75) is 18.6 Å². The fourth-order valence-corrected chi connectivity index (χ4v) is 4.14. The maximum Gasteiger partial charge on any atom is 0.229 e. The van der Waals surface area contributed by atoms with Gasteiger partial charge in [-0.2, -0.15) is 0 Å². The number of fused-ring (bicyclic) bond motifs is 3. The number of nitrogens with two attached hydrogens (primary N) is 1. The van der Waals surface area contributed by atoms with Crippen LogP contribution in [0.25, 0.3) is 10.8 Å². The van der Waals surface area contributed by atoms with Crippen LogP contribution in [0.5, 0.6) is 5.75 Å². The zero-order valence-electron chi connectivity index (χ0n) is 15.2. The van der Waals surface area contributed by atoms with Gasteiger partial charge < -0.3 is 10.5 Å². The predicted octanol–water partition coefficient (Wildman–Crippen LogP) is 3.63. The molecule has 0 amide bonds. The summed E-state index contributed by atoms with van der Waals surface area (Å²) in [5, 5.41) is 1.58. The van der Waals surface area contributed by atoms with E-state index in [1.807, 2.05) is 0 Å². The Morgan fingerprint density at radius 1 is 1.03 bits per heavy atom. The molecule has 1 aliphatic heterocycles. The van der Waals surface area contributed by atoms with Gasteiger partial charge in [0.25, 0.3) is 0 Å². The molecule has 2 unspecified atom stereocenters. The number of benzene rings is 3. The van der Waals surface area contributed by atoms with Crippen molar-refractivity contribution in [3.8, 4) is 5.75 Å². The van der Waals surface area contributed by atoms with Crippen LogP contribution in [0.1, 0.15) is 17.2 Å². The monoisotopic (exact) mass is 422 g/mol. The Hall–Kier alpha value is -2.78. The van der Waals surface area contributed by atoms with Crippen LogP contribution in [0.15, 0.2) is 42.5 Å². The van der Waals surface area contributed by atoms with Crippen molar-refractivity contribution in [1.29, 1.82) is 0 Å². The second kappa shape index (κ2) is 6.93. The molecule has 2 atom stereocenters. The van der Waals surface area contributed by atoms with E-state index in [2.05, 4.69) is 4.72 Å². The van der Waals surface area contributed by atoms with Crippen molar-refractivity contribution in [2.24, 2.45) is 5.73 Å². The Bertz CT molecular complexity index is 1230. The summed E-state index contributed by atoms with van der Waals surface area (Å²) in [5.41, 5.74) is 7.24. The van der Waals surface area contributed by atoms with Gasteiger partial charge in [-0.1, -0.05) is 12.1 Å². The predicted molar refractivity (Wildman–Crippen MR) is 104 cm³/mol. The minimum absolute atomic E-state index is 0.144. The molecule has 9 heteroatoms. The number of ether oxygens (including phenoxy) is 1. The third-order valence-corrected chi connectivity index (χ3v) is 5.43. The topological polar surface area (TPSA) is 81.4 Å². The Kier molecular flexibility index (Phi) is 4.66. The molecular weight excluding hydrogens is 405 g/mol. The molecule has 152 valence electrons. The molecule has 3 aromatic carbocycles. The third-order valence-electron chi connectivity index (χ3n) is 4.82. The fourth-order valence-electron chi connectivity index (χ4n) is 3.59. The highest BCUT2D eigenvalue weighted by Crippen LogP contribution is 2.39. The first-order chi connectivity index (χ1) is 13.6. The zero-order chi connectivity index (χ0) is 20.9. The molecule has 0 spiro atoms. The van der Waals surface area contributed by atoms with Gasteiger partial charge in [-0.15, -0.1) is 0 Å². The number of hydrogen-bond acceptors (Lipinski definition) is 4. The van der Waals surface area contributed by atoms with Gasteiger partial charge >= 0.3 is 0 Å². The molecule has 0 fully saturated rings. The van der Waals surface area contributed by atoms with Crippen molar-refractivity contribution in [3.05, 3.63) is 71.0 Å². The molecule has 4 rings (SSSR count). The lowest BCUT2D eigenvalue weighted by Crippen LogP contribution is -2.38. The number of rotatable bonds is 3. The third kappa shape index (κ3) is 3.75. The molecule has 0 saturated heterocycles. The number of nitrogens with one attached hydrogen (secondary N) is 1. The summed E-state index contributed by atoms with van der Waals surface area (Å²) in [6, 6.07) is 9.00. The van der Waals surface area contributed by atoms with E-state index in [1.54, 1.807) is 30.3 Å². The van der Waals surface area contributed by atoms with E-state index in [4.69, 9.17) is 10.5 Å². The summed E-state index contributed by atoms with van der Waals surface area (Å²) in [5.74, 6) is -2.92. The molecule has 29 heavy (non-hydrogen) atoms. The van der Waals surface area contributed by atoms with E-state index in [9.17, 15) is 21.6 Å². The minimum Gasteiger partial charge on any atom is -0.484 e. The SMILES string of the molecule is CS(=O)(=O)Nc1ccc2c3c(ccc2c1)OC(c1cc(F)c(F)cc1F)C(N)C3. The lowest BCUT2D eigenvalue weighted by Gasteiger charge is -2.32. The van der Waals surface area contributed by atoms with E-state index in [-0.39, 0.29) is 5.56 Å². The van der Waals surface area contributed by atoms with Gasteiger partial charge in [0.15, 0.2) is 11.6 Å². The van der Waals surface area contributed by atoms with Crippen LogP contribution >= 0.6 is 0 Å². The number of anilines is 1. The standard InChI is InChI=1S/C20H17F3N2O3S/c1-29(26,27)25-11-3-4-12-10(6-11)2-5-19-13(12)8-18(24)20(28-19)14-7-16(22)17(23)9-15(14)21/h2-7,9,18,20,25H,8,24H2,1H3. The van der Waals surface area contributed by atoms with Crippen LogP contribution in [-0.4, -0.2) is 20.7 Å². The lowest BCUT2D eigenvalue weighted by molar-refractivity contribution is 0.149. The van der Waals surface area contributed by atoms with Crippen LogP contribution < -0.4 is 15.2 Å². The number of halogens is 3. The second-order valence-corrected chi connectivity index (χ2v) is 8.80. The first-order valence-electron chi connectivity index (χ1n) is 8.72. The summed E-state index contributed by atoms with van der Waals surface area (Å²) in [6.45, 7) is 0. The van der Waals surface area contributed by atoms with Gasteiger partial charge in [-0.05, 0) is 41.5 Å². The minimum atomic E-state index is -3.41. The molecule has 1 aliphatic rings. The van der Waals surface area contributed by atoms with Crippen LogP contribution in [-0.2, 0) is 16.4 Å². The van der Waals surface area contributed by atoms with Crippen LogP contribution in [0, 0.1) is 17.5 Å². The normalized spacial score (nSPS) is 18.9. The highest BCUT2D eigenvalue weighted by atomic mass is 32.2. The van der Waals surface area contributed by atoms with E-state index in [1.165, 1.54) is 0 Å². The van der Waals surface area contributed by atoms with Crippen LogP contribution in [0.3, 0.4) is 0 Å². The van der Waals surface area contributed by atoms with Gasteiger partial charge in [0.05, 0.1) is 12.3 Å². The maximum atomic E-state index is 14.2. The Balaban J connectivity index is 1.73. The molecule has 3 aromatic rings. The van der Waals surface area contributed by atoms with Gasteiger partial charge in [-0.25, -0.2) is 21.6 Å². The van der Waals surface area contributed by atoms with Crippen molar-refractivity contribution >= 4 is 26.5 Å². The molecule has 5 nitrogen and oxygen atoms in total. The largest absolute Gasteiger partial charge is 0.484 e. The average molecular weight is 422 g/mol. The second-order valence-electron chi connectivity index (χ2n) is 7.05. The highest BCUT2D eigenvalue weighted by Gasteiger charge is 2.32. The van der Waals surface area contributed by atoms with Crippen molar-refractivity contribution in [2.75, 3.05) is 11.0 Å². The van der Waals surface area contributed by atoms with Crippen LogP contribution in [0.2, 0.25) is 0 Å². The molecule has 0 saturated carbocycles. The maximum absolute atomic E-state index is 14.2. The van der Waals surface area contributed by atoms with E-state index >= 15 is 0 Å². The van der Waals surface area contributed by atoms with Crippen molar-refractivity contribution in [1.82, 2.24) is 0 Å². The molecule has 0 aromatic heterocycles. The van der Waals surface area contributed by atoms with E-state index in [0.717, 1.165) is 28.7 Å². The van der Waals surface area contributed by atoms with Gasteiger partial charge in [0.2, 0.25) is 10.0 Å². The van der Waals surface area contributed by atoms with Gasteiger partial charge in [0.1, 0.15) is 17.7 Å². The fraction of sp³-hybridized carbons (Fsp3) is 0.200. The van der Waals surface area contributed by atoms with E-state index < -0.39 is 39.6 Å².